The third-order valence-corrected chi connectivity index (χ3v) is 9.44. The predicted molar refractivity (Wildman–Crippen MR) is 181 cm³/mol. The number of nitrogens with zero attached hydrogens (tertiary/aromatic N) is 2. The molecule has 47 heavy (non-hydrogen) atoms. The van der Waals surface area contributed by atoms with E-state index in [0.29, 0.717) is 11.5 Å². The third-order valence-electron chi connectivity index (χ3n) is 8.30. The molecule has 1 saturated carbocycles. The number of hydrogen-bond donors (Lipinski definition) is 1. The third kappa shape index (κ3) is 9.42. The Hall–Kier alpha value is -4.70. The highest BCUT2D eigenvalue weighted by Crippen LogP contribution is 2.27. The summed E-state index contributed by atoms with van der Waals surface area (Å²) in [5.74, 6) is -0.398. The molecule has 10 heteroatoms. The number of halogens is 1. The topological polar surface area (TPSA) is 96.0 Å². The fourth-order valence-electron chi connectivity index (χ4n) is 5.83. The van der Waals surface area contributed by atoms with E-state index < -0.39 is 34.3 Å². The number of benzene rings is 4. The van der Waals surface area contributed by atoms with E-state index in [1.54, 1.807) is 54.6 Å². The van der Waals surface area contributed by atoms with E-state index in [9.17, 15) is 18.0 Å². The van der Waals surface area contributed by atoms with Gasteiger partial charge in [0, 0.05) is 24.6 Å². The summed E-state index contributed by atoms with van der Waals surface area (Å²) >= 11 is 0. The Morgan fingerprint density at radius 3 is 2.06 bits per heavy atom. The molecule has 4 aromatic rings. The van der Waals surface area contributed by atoms with E-state index in [-0.39, 0.29) is 36.2 Å². The summed E-state index contributed by atoms with van der Waals surface area (Å²) in [6, 6.07) is 29.9. The molecule has 0 aromatic heterocycles. The normalized spacial score (nSPS) is 14.2. The number of nitrogens with one attached hydrogen (secondary N) is 1. The van der Waals surface area contributed by atoms with Crippen molar-refractivity contribution >= 4 is 27.5 Å². The van der Waals surface area contributed by atoms with Crippen LogP contribution in [0.4, 0.5) is 10.1 Å². The highest BCUT2D eigenvalue weighted by molar-refractivity contribution is 7.92. The molecule has 1 fully saturated rings. The van der Waals surface area contributed by atoms with Gasteiger partial charge < -0.3 is 15.0 Å². The maximum absolute atomic E-state index is 15.0. The van der Waals surface area contributed by atoms with Crippen molar-refractivity contribution in [3.05, 3.63) is 126 Å². The van der Waals surface area contributed by atoms with Crippen molar-refractivity contribution in [1.29, 1.82) is 0 Å². The van der Waals surface area contributed by atoms with Crippen LogP contribution in [0.15, 0.2) is 109 Å². The average molecular weight is 658 g/mol. The number of hydrogen-bond acceptors (Lipinski definition) is 5. The van der Waals surface area contributed by atoms with E-state index in [1.807, 2.05) is 48.5 Å². The largest absolute Gasteiger partial charge is 0.457 e. The quantitative estimate of drug-likeness (QED) is 0.178. The van der Waals surface area contributed by atoms with Crippen molar-refractivity contribution in [1.82, 2.24) is 10.2 Å². The summed E-state index contributed by atoms with van der Waals surface area (Å²) in [6.45, 7) is -0.809. The molecule has 1 N–H and O–H groups in total. The second kappa shape index (κ2) is 15.7. The number of carbonyl (C=O) groups excluding carboxylic acids is 2. The van der Waals surface area contributed by atoms with Crippen molar-refractivity contribution in [2.45, 2.75) is 57.2 Å². The number of anilines is 1. The Labute approximate surface area is 276 Å². The molecule has 0 bridgehead atoms. The molecule has 8 nitrogen and oxygen atoms in total. The summed E-state index contributed by atoms with van der Waals surface area (Å²) in [5, 5.41) is 3.14. The number of amides is 2. The van der Waals surface area contributed by atoms with E-state index >= 15 is 4.39 Å². The number of ether oxygens (including phenoxy) is 1. The van der Waals surface area contributed by atoms with Crippen molar-refractivity contribution in [2.24, 2.45) is 0 Å². The minimum atomic E-state index is -3.96. The van der Waals surface area contributed by atoms with Gasteiger partial charge in [-0.25, -0.2) is 12.8 Å². The van der Waals surface area contributed by atoms with Gasteiger partial charge in [0.1, 0.15) is 29.9 Å². The van der Waals surface area contributed by atoms with Crippen LogP contribution < -0.4 is 14.4 Å². The first-order valence-electron chi connectivity index (χ1n) is 15.9. The molecular formula is C37H40FN3O5S. The van der Waals surface area contributed by atoms with E-state index in [1.165, 1.54) is 11.0 Å². The standard InChI is InChI=1S/C37H40FN3O5S/c1-47(44,45)41(31-21-23-33(24-22-31)46-32-18-9-4-10-19-32)27-36(42)40(26-29-15-11-12-20-34(29)38)35(25-28-13-5-2-6-14-28)37(43)39-30-16-7-3-8-17-30/h2,4-6,9-15,18-24,30,35H,3,7-8,16-17,25-27H2,1H3,(H,39,43)/t35-/m1/s1. The lowest BCUT2D eigenvalue weighted by atomic mass is 9.94. The van der Waals surface area contributed by atoms with Crippen LogP contribution in [0.5, 0.6) is 11.5 Å². The Morgan fingerprint density at radius 1 is 0.830 bits per heavy atom. The van der Waals surface area contributed by atoms with Crippen molar-refractivity contribution < 1.29 is 27.1 Å². The van der Waals surface area contributed by atoms with Gasteiger partial charge in [0.25, 0.3) is 0 Å². The molecular weight excluding hydrogens is 617 g/mol. The van der Waals surface area contributed by atoms with Crippen LogP contribution in [0, 0.1) is 5.82 Å². The lowest BCUT2D eigenvalue weighted by Gasteiger charge is -2.35. The molecule has 1 atom stereocenters. The molecule has 1 aliphatic carbocycles. The van der Waals surface area contributed by atoms with E-state index in [2.05, 4.69) is 5.32 Å². The molecule has 0 radical (unpaired) electrons. The van der Waals surface area contributed by atoms with Gasteiger partial charge in [-0.15, -0.1) is 0 Å². The highest BCUT2D eigenvalue weighted by atomic mass is 32.2. The van der Waals surface area contributed by atoms with Gasteiger partial charge >= 0.3 is 0 Å². The second-order valence-corrected chi connectivity index (χ2v) is 13.7. The van der Waals surface area contributed by atoms with Gasteiger partial charge in [0.15, 0.2) is 0 Å². The Morgan fingerprint density at radius 2 is 1.43 bits per heavy atom. The second-order valence-electron chi connectivity index (χ2n) is 11.8. The van der Waals surface area contributed by atoms with Gasteiger partial charge in [0.05, 0.1) is 11.9 Å². The minimum Gasteiger partial charge on any atom is -0.457 e. The molecule has 2 amide bonds. The summed E-state index contributed by atoms with van der Waals surface area (Å²) in [4.78, 5) is 29.7. The van der Waals surface area contributed by atoms with Gasteiger partial charge in [-0.05, 0) is 60.9 Å². The number of carbonyl (C=O) groups is 2. The highest BCUT2D eigenvalue weighted by Gasteiger charge is 2.34. The van der Waals surface area contributed by atoms with Crippen LogP contribution >= 0.6 is 0 Å². The maximum Gasteiger partial charge on any atom is 0.244 e. The molecule has 4 aromatic carbocycles. The zero-order chi connectivity index (χ0) is 33.2. The van der Waals surface area contributed by atoms with Gasteiger partial charge in [0.2, 0.25) is 21.8 Å². The molecule has 1 aliphatic rings. The fraction of sp³-hybridized carbons (Fsp3) is 0.297. The van der Waals surface area contributed by atoms with Gasteiger partial charge in [-0.1, -0.05) is 86.0 Å². The SMILES string of the molecule is CS(=O)(=O)N(CC(=O)N(Cc1ccccc1F)[C@H](Cc1ccccc1)C(=O)NC1CCCCC1)c1ccc(Oc2ccccc2)cc1. The lowest BCUT2D eigenvalue weighted by molar-refractivity contribution is -0.140. The summed E-state index contributed by atoms with van der Waals surface area (Å²) in [5.41, 5.74) is 1.28. The summed E-state index contributed by atoms with van der Waals surface area (Å²) < 4.78 is 48.1. The van der Waals surface area contributed by atoms with Crippen molar-refractivity contribution in [3.63, 3.8) is 0 Å². The number of sulfonamides is 1. The minimum absolute atomic E-state index is 0.0240. The van der Waals surface area contributed by atoms with Crippen LogP contribution in [0.1, 0.15) is 43.2 Å². The monoisotopic (exact) mass is 657 g/mol. The molecule has 0 heterocycles. The number of rotatable bonds is 13. The smallest absolute Gasteiger partial charge is 0.244 e. The summed E-state index contributed by atoms with van der Waals surface area (Å²) in [7, 11) is -3.96. The van der Waals surface area contributed by atoms with E-state index in [4.69, 9.17) is 4.74 Å². The first-order chi connectivity index (χ1) is 22.7. The molecule has 246 valence electrons. The lowest BCUT2D eigenvalue weighted by Crippen LogP contribution is -2.55. The molecule has 0 aliphatic heterocycles. The van der Waals surface area contributed by atoms with Crippen LogP contribution in [0.2, 0.25) is 0 Å². The van der Waals surface area contributed by atoms with Crippen LogP contribution in [0.25, 0.3) is 0 Å². The maximum atomic E-state index is 15.0. The van der Waals surface area contributed by atoms with Crippen LogP contribution in [-0.2, 0) is 32.6 Å². The summed E-state index contributed by atoms with van der Waals surface area (Å²) in [6.07, 6.45) is 6.00. The zero-order valence-electron chi connectivity index (χ0n) is 26.4. The molecule has 0 unspecified atom stereocenters. The van der Waals surface area contributed by atoms with Crippen LogP contribution in [0.3, 0.4) is 0 Å². The van der Waals surface area contributed by atoms with Crippen LogP contribution in [-0.4, -0.2) is 50.0 Å². The van der Waals surface area contributed by atoms with Gasteiger partial charge in [-0.3, -0.25) is 13.9 Å². The van der Waals surface area contributed by atoms with Crippen molar-refractivity contribution in [3.8, 4) is 11.5 Å². The molecule has 0 saturated heterocycles. The Balaban J connectivity index is 1.46. The molecule has 5 rings (SSSR count). The zero-order valence-corrected chi connectivity index (χ0v) is 27.2. The predicted octanol–water partition coefficient (Wildman–Crippen LogP) is 6.47. The fourth-order valence-corrected chi connectivity index (χ4v) is 6.68. The Bertz CT molecular complexity index is 1730. The Kier molecular flexibility index (Phi) is 11.3. The van der Waals surface area contributed by atoms with Gasteiger partial charge in [-0.2, -0.15) is 0 Å². The first-order valence-corrected chi connectivity index (χ1v) is 17.7. The first kappa shape index (κ1) is 33.7. The number of para-hydroxylation sites is 1. The van der Waals surface area contributed by atoms with Crippen molar-refractivity contribution in [2.75, 3.05) is 17.1 Å². The average Bonchev–Trinajstić information content (AvgIpc) is 3.07. The van der Waals surface area contributed by atoms with E-state index in [0.717, 1.165) is 48.2 Å². The molecule has 0 spiro atoms.